The first kappa shape index (κ1) is 21.4. The van der Waals surface area contributed by atoms with Gasteiger partial charge in [0.25, 0.3) is 0 Å². The molecule has 146 valence electrons. The zero-order chi connectivity index (χ0) is 19.5. The maximum absolute atomic E-state index is 12.1. The van der Waals surface area contributed by atoms with E-state index in [9.17, 15) is 4.79 Å². The third-order valence-corrected chi connectivity index (χ3v) is 5.58. The summed E-state index contributed by atoms with van der Waals surface area (Å²) >= 11 is 6.89. The van der Waals surface area contributed by atoms with Gasteiger partial charge in [-0.05, 0) is 30.3 Å². The lowest BCUT2D eigenvalue weighted by Crippen LogP contribution is -2.29. The minimum Gasteiger partial charge on any atom is -0.465 e. The average molecular weight is 405 g/mol. The van der Waals surface area contributed by atoms with Crippen LogP contribution in [0.5, 0.6) is 0 Å². The van der Waals surface area contributed by atoms with Crippen molar-refractivity contribution < 1.29 is 9.53 Å². The summed E-state index contributed by atoms with van der Waals surface area (Å²) in [6.07, 6.45) is 7.45. The Morgan fingerprint density at radius 3 is 2.52 bits per heavy atom. The number of nitrogens with one attached hydrogen (secondary N) is 2. The molecule has 4 nitrogen and oxygen atoms in total. The Kier molecular flexibility index (Phi) is 9.28. The van der Waals surface area contributed by atoms with Crippen molar-refractivity contribution in [2.45, 2.75) is 45.4 Å². The van der Waals surface area contributed by atoms with Crippen molar-refractivity contribution in [2.75, 3.05) is 19.0 Å². The van der Waals surface area contributed by atoms with Crippen LogP contribution in [0.3, 0.4) is 0 Å². The predicted octanol–water partition coefficient (Wildman–Crippen LogP) is 5.85. The second-order valence-corrected chi connectivity index (χ2v) is 7.82. The number of thiocarbonyl (C=S) groups is 1. The molecule has 0 atom stereocenters. The zero-order valence-corrected chi connectivity index (χ0v) is 17.7. The second-order valence-electron chi connectivity index (χ2n) is 6.36. The van der Waals surface area contributed by atoms with Gasteiger partial charge in [-0.15, -0.1) is 11.3 Å². The van der Waals surface area contributed by atoms with Gasteiger partial charge in [-0.3, -0.25) is 0 Å². The molecule has 0 saturated carbocycles. The van der Waals surface area contributed by atoms with Gasteiger partial charge in [-0.25, -0.2) is 4.79 Å². The Hall–Kier alpha value is -1.92. The maximum Gasteiger partial charge on any atom is 0.340 e. The third-order valence-electron chi connectivity index (χ3n) is 4.24. The second kappa shape index (κ2) is 11.7. The Morgan fingerprint density at radius 1 is 1.11 bits per heavy atom. The van der Waals surface area contributed by atoms with E-state index in [1.807, 2.05) is 36.4 Å². The number of carbonyl (C=O) groups is 1. The van der Waals surface area contributed by atoms with E-state index in [0.29, 0.717) is 15.7 Å². The molecule has 0 aliphatic heterocycles. The molecule has 0 bridgehead atoms. The van der Waals surface area contributed by atoms with Crippen molar-refractivity contribution in [3.05, 3.63) is 42.0 Å². The number of hydrogen-bond acceptors (Lipinski definition) is 4. The number of unbranched alkanes of at least 4 members (excludes halogenated alkanes) is 5. The van der Waals surface area contributed by atoms with Crippen LogP contribution < -0.4 is 10.6 Å². The molecule has 2 aromatic rings. The lowest BCUT2D eigenvalue weighted by molar-refractivity contribution is 0.0602. The van der Waals surface area contributed by atoms with Gasteiger partial charge in [-0.1, -0.05) is 69.4 Å². The van der Waals surface area contributed by atoms with E-state index in [4.69, 9.17) is 17.0 Å². The molecule has 0 spiro atoms. The fraction of sp³-hybridized carbons (Fsp3) is 0.429. The number of carbonyl (C=O) groups excluding carboxylic acids is 1. The van der Waals surface area contributed by atoms with Crippen molar-refractivity contribution in [2.24, 2.45) is 0 Å². The number of thiophene rings is 1. The van der Waals surface area contributed by atoms with Gasteiger partial charge in [0.05, 0.1) is 12.7 Å². The van der Waals surface area contributed by atoms with Crippen LogP contribution in [0.1, 0.15) is 55.8 Å². The molecule has 1 aromatic carbocycles. The van der Waals surface area contributed by atoms with Crippen LogP contribution in [0, 0.1) is 0 Å². The highest BCUT2D eigenvalue weighted by molar-refractivity contribution is 7.80. The van der Waals surface area contributed by atoms with Gasteiger partial charge in [0.15, 0.2) is 5.11 Å². The van der Waals surface area contributed by atoms with Crippen LogP contribution in [0.2, 0.25) is 0 Å². The standard InChI is InChI=1S/C21H28N2O2S2/c1-3-4-5-6-7-11-14-22-21(26)23-19-17(20(24)25-2)15-18(27-19)16-12-9-8-10-13-16/h8-10,12-13,15H,3-7,11,14H2,1-2H3,(H2,22,23,26). The molecular formula is C21H28N2O2S2. The van der Waals surface area contributed by atoms with Gasteiger partial charge in [-0.2, -0.15) is 0 Å². The SMILES string of the molecule is CCCCCCCCNC(=S)Nc1sc(-c2ccccc2)cc1C(=O)OC. The van der Waals surface area contributed by atoms with Crippen LogP contribution in [-0.4, -0.2) is 24.7 Å². The summed E-state index contributed by atoms with van der Waals surface area (Å²) < 4.78 is 4.92. The molecule has 0 aliphatic rings. The van der Waals surface area contributed by atoms with E-state index in [1.54, 1.807) is 0 Å². The molecule has 0 radical (unpaired) electrons. The van der Waals surface area contributed by atoms with Crippen molar-refractivity contribution in [3.8, 4) is 10.4 Å². The topological polar surface area (TPSA) is 50.4 Å². The van der Waals surface area contributed by atoms with Crippen molar-refractivity contribution in [1.82, 2.24) is 5.32 Å². The summed E-state index contributed by atoms with van der Waals surface area (Å²) in [5, 5.41) is 7.64. The normalized spacial score (nSPS) is 10.4. The fourth-order valence-electron chi connectivity index (χ4n) is 2.74. The Bertz CT molecular complexity index is 729. The molecule has 0 fully saturated rings. The van der Waals surface area contributed by atoms with Gasteiger partial charge in [0.2, 0.25) is 0 Å². The summed E-state index contributed by atoms with van der Waals surface area (Å²) in [6.45, 7) is 3.06. The van der Waals surface area contributed by atoms with Crippen molar-refractivity contribution in [3.63, 3.8) is 0 Å². The van der Waals surface area contributed by atoms with Gasteiger partial charge < -0.3 is 15.4 Å². The predicted molar refractivity (Wildman–Crippen MR) is 119 cm³/mol. The first-order chi connectivity index (χ1) is 13.2. The van der Waals surface area contributed by atoms with Crippen LogP contribution in [0.15, 0.2) is 36.4 Å². The molecule has 0 saturated heterocycles. The van der Waals surface area contributed by atoms with E-state index in [-0.39, 0.29) is 5.97 Å². The van der Waals surface area contributed by atoms with Crippen molar-refractivity contribution in [1.29, 1.82) is 0 Å². The molecule has 0 unspecified atom stereocenters. The Balaban J connectivity index is 1.93. The molecule has 2 N–H and O–H groups in total. The number of benzene rings is 1. The number of methoxy groups -OCH3 is 1. The van der Waals surface area contributed by atoms with Crippen LogP contribution in [0.25, 0.3) is 10.4 Å². The lowest BCUT2D eigenvalue weighted by Gasteiger charge is -2.10. The molecular weight excluding hydrogens is 376 g/mol. The average Bonchev–Trinajstić information content (AvgIpc) is 3.11. The molecule has 6 heteroatoms. The fourth-order valence-corrected chi connectivity index (χ4v) is 4.07. The van der Waals surface area contributed by atoms with E-state index in [0.717, 1.165) is 23.4 Å². The van der Waals surface area contributed by atoms with E-state index in [1.165, 1.54) is 50.6 Å². The molecule has 0 aliphatic carbocycles. The van der Waals surface area contributed by atoms with E-state index >= 15 is 0 Å². The first-order valence-corrected chi connectivity index (χ1v) is 10.7. The van der Waals surface area contributed by atoms with Crippen LogP contribution in [-0.2, 0) is 4.74 Å². The molecule has 27 heavy (non-hydrogen) atoms. The van der Waals surface area contributed by atoms with Gasteiger partial charge in [0, 0.05) is 11.4 Å². The third kappa shape index (κ3) is 6.96. The number of esters is 1. The highest BCUT2D eigenvalue weighted by Gasteiger charge is 2.18. The van der Waals surface area contributed by atoms with Gasteiger partial charge in [0.1, 0.15) is 5.00 Å². The molecule has 2 rings (SSSR count). The highest BCUT2D eigenvalue weighted by atomic mass is 32.1. The summed E-state index contributed by atoms with van der Waals surface area (Å²) in [4.78, 5) is 13.1. The smallest absolute Gasteiger partial charge is 0.340 e. The molecule has 1 heterocycles. The summed E-state index contributed by atoms with van der Waals surface area (Å²) in [5.41, 5.74) is 1.57. The minimum atomic E-state index is -0.366. The number of anilines is 1. The molecule has 1 aromatic heterocycles. The largest absolute Gasteiger partial charge is 0.465 e. The summed E-state index contributed by atoms with van der Waals surface area (Å²) in [7, 11) is 1.39. The van der Waals surface area contributed by atoms with Crippen LogP contribution >= 0.6 is 23.6 Å². The van der Waals surface area contributed by atoms with Gasteiger partial charge >= 0.3 is 5.97 Å². The first-order valence-electron chi connectivity index (χ1n) is 9.48. The number of hydrogen-bond donors (Lipinski definition) is 2. The number of rotatable bonds is 10. The van der Waals surface area contributed by atoms with E-state index < -0.39 is 0 Å². The maximum atomic E-state index is 12.1. The Morgan fingerprint density at radius 2 is 1.81 bits per heavy atom. The van der Waals surface area contributed by atoms with Crippen molar-refractivity contribution >= 4 is 39.6 Å². The van der Waals surface area contributed by atoms with E-state index in [2.05, 4.69) is 17.6 Å². The monoisotopic (exact) mass is 404 g/mol. The molecule has 0 amide bonds. The lowest BCUT2D eigenvalue weighted by atomic mass is 10.1. The zero-order valence-electron chi connectivity index (χ0n) is 16.0. The minimum absolute atomic E-state index is 0.366. The summed E-state index contributed by atoms with van der Waals surface area (Å²) in [5.74, 6) is -0.366. The quantitative estimate of drug-likeness (QED) is 0.296. The highest BCUT2D eigenvalue weighted by Crippen LogP contribution is 2.35. The van der Waals surface area contributed by atoms with Crippen LogP contribution in [0.4, 0.5) is 5.00 Å². The number of ether oxygens (including phenoxy) is 1. The Labute approximate surface area is 171 Å². The summed E-state index contributed by atoms with van der Waals surface area (Å²) in [6, 6.07) is 11.8.